The van der Waals surface area contributed by atoms with Gasteiger partial charge in [0.05, 0.1) is 0 Å². The fraction of sp³-hybridized carbons (Fsp3) is 0.889. The third-order valence-electron chi connectivity index (χ3n) is 1.77. The van der Waals surface area contributed by atoms with E-state index in [0.29, 0.717) is 11.2 Å². The fourth-order valence-corrected chi connectivity index (χ4v) is 1.16. The number of rotatable bonds is 6. The smallest absolute Gasteiger partial charge is 0.188 e. The largest absolute Gasteiger partial charge is 0.370 e. The number of thioether (sulfide) groups is 1. The summed E-state index contributed by atoms with van der Waals surface area (Å²) in [5.41, 5.74) is 5.62. The fourth-order valence-electron chi connectivity index (χ4n) is 0.810. The Labute approximate surface area is 85.6 Å². The van der Waals surface area contributed by atoms with Crippen molar-refractivity contribution in [2.45, 2.75) is 31.9 Å². The van der Waals surface area contributed by atoms with Crippen molar-refractivity contribution >= 4 is 17.7 Å². The number of guanidine groups is 1. The second-order valence-corrected chi connectivity index (χ2v) is 4.30. The SMILES string of the molecule is CCCN=C(N)NCC[C@@H](C)SC. The highest BCUT2D eigenvalue weighted by Crippen LogP contribution is 2.07. The summed E-state index contributed by atoms with van der Waals surface area (Å²) in [6.45, 7) is 6.04. The van der Waals surface area contributed by atoms with Crippen LogP contribution in [0.2, 0.25) is 0 Å². The molecular weight excluding hydrogens is 182 g/mol. The van der Waals surface area contributed by atoms with Crippen molar-refractivity contribution in [2.24, 2.45) is 10.7 Å². The molecule has 0 unspecified atom stereocenters. The Kier molecular flexibility index (Phi) is 7.99. The Bertz CT molecular complexity index is 148. The molecule has 0 aromatic rings. The first kappa shape index (κ1) is 12.6. The van der Waals surface area contributed by atoms with Crippen LogP contribution in [0.4, 0.5) is 0 Å². The molecule has 0 fully saturated rings. The minimum atomic E-state index is 0.579. The average molecular weight is 203 g/mol. The standard InChI is InChI=1S/C9H21N3S/c1-4-6-11-9(10)12-7-5-8(2)13-3/h8H,4-7H2,1-3H3,(H3,10,11,12)/t8-/m1/s1. The van der Waals surface area contributed by atoms with E-state index in [-0.39, 0.29) is 0 Å². The molecule has 3 nitrogen and oxygen atoms in total. The Morgan fingerprint density at radius 1 is 1.62 bits per heavy atom. The molecule has 3 N–H and O–H groups in total. The van der Waals surface area contributed by atoms with Gasteiger partial charge in [0.2, 0.25) is 0 Å². The van der Waals surface area contributed by atoms with Crippen LogP contribution < -0.4 is 11.1 Å². The van der Waals surface area contributed by atoms with Crippen molar-refractivity contribution in [2.75, 3.05) is 19.3 Å². The normalized spacial score (nSPS) is 14.2. The molecule has 0 heterocycles. The van der Waals surface area contributed by atoms with Crippen LogP contribution in [0.1, 0.15) is 26.7 Å². The molecule has 0 aromatic heterocycles. The zero-order valence-electron chi connectivity index (χ0n) is 8.84. The Morgan fingerprint density at radius 2 is 2.31 bits per heavy atom. The maximum atomic E-state index is 5.62. The van der Waals surface area contributed by atoms with Gasteiger partial charge >= 0.3 is 0 Å². The van der Waals surface area contributed by atoms with Crippen LogP contribution in [0.3, 0.4) is 0 Å². The second-order valence-electron chi connectivity index (χ2n) is 3.03. The Balaban J connectivity index is 3.41. The van der Waals surface area contributed by atoms with Crippen molar-refractivity contribution in [1.82, 2.24) is 5.32 Å². The van der Waals surface area contributed by atoms with Gasteiger partial charge in [0.15, 0.2) is 5.96 Å². The molecule has 0 aromatic carbocycles. The first-order valence-electron chi connectivity index (χ1n) is 4.77. The van der Waals surface area contributed by atoms with Crippen molar-refractivity contribution in [3.05, 3.63) is 0 Å². The zero-order valence-corrected chi connectivity index (χ0v) is 9.66. The number of hydrogen-bond acceptors (Lipinski definition) is 2. The number of nitrogens with two attached hydrogens (primary N) is 1. The van der Waals surface area contributed by atoms with Gasteiger partial charge in [-0.15, -0.1) is 0 Å². The van der Waals surface area contributed by atoms with Gasteiger partial charge < -0.3 is 11.1 Å². The highest BCUT2D eigenvalue weighted by molar-refractivity contribution is 7.99. The third kappa shape index (κ3) is 7.96. The molecule has 0 spiro atoms. The van der Waals surface area contributed by atoms with E-state index in [9.17, 15) is 0 Å². The molecule has 0 aliphatic heterocycles. The lowest BCUT2D eigenvalue weighted by atomic mass is 10.3. The summed E-state index contributed by atoms with van der Waals surface area (Å²) in [6, 6.07) is 0. The van der Waals surface area contributed by atoms with E-state index in [0.717, 1.165) is 25.9 Å². The maximum Gasteiger partial charge on any atom is 0.188 e. The molecule has 13 heavy (non-hydrogen) atoms. The molecule has 0 saturated heterocycles. The number of nitrogens with one attached hydrogen (secondary N) is 1. The number of hydrogen-bond donors (Lipinski definition) is 2. The monoisotopic (exact) mass is 203 g/mol. The van der Waals surface area contributed by atoms with E-state index in [1.807, 2.05) is 11.8 Å². The molecule has 0 amide bonds. The lowest BCUT2D eigenvalue weighted by molar-refractivity contribution is 0.759. The molecule has 4 heteroatoms. The van der Waals surface area contributed by atoms with Crippen molar-refractivity contribution in [3.8, 4) is 0 Å². The number of aliphatic imine (C=N–C) groups is 1. The topological polar surface area (TPSA) is 50.4 Å². The van der Waals surface area contributed by atoms with Crippen LogP contribution in [-0.4, -0.2) is 30.6 Å². The minimum absolute atomic E-state index is 0.579. The third-order valence-corrected chi connectivity index (χ3v) is 2.81. The van der Waals surface area contributed by atoms with Crippen molar-refractivity contribution < 1.29 is 0 Å². The molecule has 0 radical (unpaired) electrons. The van der Waals surface area contributed by atoms with Gasteiger partial charge in [-0.3, -0.25) is 4.99 Å². The summed E-state index contributed by atoms with van der Waals surface area (Å²) in [7, 11) is 0. The summed E-state index contributed by atoms with van der Waals surface area (Å²) in [5.74, 6) is 0.579. The van der Waals surface area contributed by atoms with Gasteiger partial charge in [-0.05, 0) is 19.1 Å². The van der Waals surface area contributed by atoms with E-state index in [1.54, 1.807) is 0 Å². The van der Waals surface area contributed by atoms with E-state index in [4.69, 9.17) is 5.73 Å². The summed E-state index contributed by atoms with van der Waals surface area (Å²) in [5, 5.41) is 3.78. The molecule has 0 aliphatic rings. The first-order chi connectivity index (χ1) is 6.20. The minimum Gasteiger partial charge on any atom is -0.370 e. The van der Waals surface area contributed by atoms with Gasteiger partial charge in [0.1, 0.15) is 0 Å². The molecule has 0 aliphatic carbocycles. The molecule has 0 rings (SSSR count). The van der Waals surface area contributed by atoms with Gasteiger partial charge in [-0.2, -0.15) is 11.8 Å². The van der Waals surface area contributed by atoms with E-state index < -0.39 is 0 Å². The van der Waals surface area contributed by atoms with Gasteiger partial charge in [-0.1, -0.05) is 13.8 Å². The summed E-state index contributed by atoms with van der Waals surface area (Å²) >= 11 is 1.87. The lowest BCUT2D eigenvalue weighted by Gasteiger charge is -2.09. The summed E-state index contributed by atoms with van der Waals surface area (Å²) < 4.78 is 0. The van der Waals surface area contributed by atoms with E-state index in [1.165, 1.54) is 0 Å². The highest BCUT2D eigenvalue weighted by Gasteiger charge is 1.98. The van der Waals surface area contributed by atoms with Crippen molar-refractivity contribution in [1.29, 1.82) is 0 Å². The first-order valence-corrected chi connectivity index (χ1v) is 6.06. The molecule has 0 bridgehead atoms. The summed E-state index contributed by atoms with van der Waals surface area (Å²) in [4.78, 5) is 4.14. The van der Waals surface area contributed by atoms with Crippen LogP contribution in [0.5, 0.6) is 0 Å². The van der Waals surface area contributed by atoms with Crippen LogP contribution in [-0.2, 0) is 0 Å². The van der Waals surface area contributed by atoms with Crippen molar-refractivity contribution in [3.63, 3.8) is 0 Å². The second kappa shape index (κ2) is 8.23. The zero-order chi connectivity index (χ0) is 10.1. The van der Waals surface area contributed by atoms with Gasteiger partial charge in [0, 0.05) is 18.3 Å². The Hall–Kier alpha value is -0.380. The quantitative estimate of drug-likeness (QED) is 0.507. The predicted molar refractivity (Wildman–Crippen MR) is 62.4 cm³/mol. The van der Waals surface area contributed by atoms with E-state index >= 15 is 0 Å². The van der Waals surface area contributed by atoms with Crippen LogP contribution in [0.15, 0.2) is 4.99 Å². The Morgan fingerprint density at radius 3 is 2.85 bits per heavy atom. The van der Waals surface area contributed by atoms with Crippen LogP contribution in [0, 0.1) is 0 Å². The molecule has 1 atom stereocenters. The lowest BCUT2D eigenvalue weighted by Crippen LogP contribution is -2.33. The molecular formula is C9H21N3S. The van der Waals surface area contributed by atoms with Crippen LogP contribution >= 0.6 is 11.8 Å². The average Bonchev–Trinajstić information content (AvgIpc) is 2.14. The predicted octanol–water partition coefficient (Wildman–Crippen LogP) is 1.44. The molecule has 0 saturated carbocycles. The van der Waals surface area contributed by atoms with Crippen LogP contribution in [0.25, 0.3) is 0 Å². The molecule has 78 valence electrons. The van der Waals surface area contributed by atoms with Gasteiger partial charge in [-0.25, -0.2) is 0 Å². The van der Waals surface area contributed by atoms with Gasteiger partial charge in [0.25, 0.3) is 0 Å². The maximum absolute atomic E-state index is 5.62. The van der Waals surface area contributed by atoms with E-state index in [2.05, 4.69) is 30.4 Å². The number of nitrogens with zero attached hydrogens (tertiary/aromatic N) is 1. The highest BCUT2D eigenvalue weighted by atomic mass is 32.2. The summed E-state index contributed by atoms with van der Waals surface area (Å²) in [6.07, 6.45) is 4.30.